The van der Waals surface area contributed by atoms with Crippen molar-refractivity contribution in [2.45, 2.75) is 51.6 Å². The molecule has 1 saturated carbocycles. The number of rotatable bonds is 4. The lowest BCUT2D eigenvalue weighted by molar-refractivity contribution is -0.119. The number of hydrogen-bond acceptors (Lipinski definition) is 3. The van der Waals surface area contributed by atoms with Crippen molar-refractivity contribution in [2.75, 3.05) is 5.32 Å². The van der Waals surface area contributed by atoms with Crippen LogP contribution in [0.1, 0.15) is 45.6 Å². The standard InChI is InChI=1S/C17H24N4O/c1-11(12(2)18)16(22)20-17-19-14-9-5-6-10-15(14)21(17)13-7-3-4-8-13/h5-6,9-13H,3-4,7-8,18H2,1-2H3,(H,19,20,22). The highest BCUT2D eigenvalue weighted by Gasteiger charge is 2.25. The number of amides is 1. The Morgan fingerprint density at radius 3 is 2.68 bits per heavy atom. The van der Waals surface area contributed by atoms with Gasteiger partial charge < -0.3 is 10.3 Å². The monoisotopic (exact) mass is 300 g/mol. The lowest BCUT2D eigenvalue weighted by atomic mass is 10.0. The number of nitrogens with two attached hydrogens (primary N) is 1. The second-order valence-electron chi connectivity index (χ2n) is 6.37. The fourth-order valence-electron chi connectivity index (χ4n) is 3.13. The molecule has 1 fully saturated rings. The molecule has 0 saturated heterocycles. The van der Waals surface area contributed by atoms with Crippen molar-refractivity contribution in [2.24, 2.45) is 11.7 Å². The number of fused-ring (bicyclic) bond motifs is 1. The first-order valence-electron chi connectivity index (χ1n) is 8.11. The van der Waals surface area contributed by atoms with Crippen molar-refractivity contribution in [1.82, 2.24) is 9.55 Å². The Labute approximate surface area is 130 Å². The van der Waals surface area contributed by atoms with Crippen LogP contribution in [-0.2, 0) is 4.79 Å². The van der Waals surface area contributed by atoms with Crippen LogP contribution in [0.15, 0.2) is 24.3 Å². The Bertz CT molecular complexity index is 670. The van der Waals surface area contributed by atoms with Crippen LogP contribution < -0.4 is 11.1 Å². The third-order valence-electron chi connectivity index (χ3n) is 4.72. The lowest BCUT2D eigenvalue weighted by Crippen LogP contribution is -2.35. The van der Waals surface area contributed by atoms with Gasteiger partial charge in [-0.1, -0.05) is 31.9 Å². The molecule has 0 radical (unpaired) electrons. The van der Waals surface area contributed by atoms with E-state index in [0.717, 1.165) is 23.9 Å². The van der Waals surface area contributed by atoms with Crippen molar-refractivity contribution in [3.63, 3.8) is 0 Å². The molecule has 0 aliphatic heterocycles. The van der Waals surface area contributed by atoms with E-state index < -0.39 is 0 Å². The van der Waals surface area contributed by atoms with E-state index in [4.69, 9.17) is 5.73 Å². The molecule has 2 unspecified atom stereocenters. The molecule has 1 heterocycles. The van der Waals surface area contributed by atoms with E-state index in [1.165, 1.54) is 12.8 Å². The first-order chi connectivity index (χ1) is 10.6. The average molecular weight is 300 g/mol. The van der Waals surface area contributed by atoms with Crippen LogP contribution in [0.5, 0.6) is 0 Å². The molecule has 0 bridgehead atoms. The minimum absolute atomic E-state index is 0.0652. The van der Waals surface area contributed by atoms with Crippen LogP contribution >= 0.6 is 0 Å². The van der Waals surface area contributed by atoms with Gasteiger partial charge in [0.1, 0.15) is 0 Å². The summed E-state index contributed by atoms with van der Waals surface area (Å²) in [5.74, 6) is 0.354. The van der Waals surface area contributed by atoms with E-state index in [-0.39, 0.29) is 17.9 Å². The normalized spacial score (nSPS) is 18.5. The van der Waals surface area contributed by atoms with Gasteiger partial charge in [0, 0.05) is 12.1 Å². The summed E-state index contributed by atoms with van der Waals surface area (Å²) in [6, 6.07) is 8.31. The van der Waals surface area contributed by atoms with Crippen molar-refractivity contribution in [3.05, 3.63) is 24.3 Å². The molecule has 1 amide bonds. The number of imidazole rings is 1. The van der Waals surface area contributed by atoms with Crippen LogP contribution in [-0.4, -0.2) is 21.5 Å². The minimum atomic E-state index is -0.239. The number of para-hydroxylation sites is 2. The number of carbonyl (C=O) groups is 1. The average Bonchev–Trinajstić information content (AvgIpc) is 3.12. The Kier molecular flexibility index (Phi) is 4.16. The van der Waals surface area contributed by atoms with E-state index in [1.54, 1.807) is 0 Å². The summed E-state index contributed by atoms with van der Waals surface area (Å²) < 4.78 is 2.20. The maximum Gasteiger partial charge on any atom is 0.231 e. The highest BCUT2D eigenvalue weighted by molar-refractivity contribution is 5.93. The van der Waals surface area contributed by atoms with Gasteiger partial charge in [0.2, 0.25) is 11.9 Å². The number of hydrogen-bond donors (Lipinski definition) is 2. The summed E-state index contributed by atoms with van der Waals surface area (Å²) in [6.45, 7) is 3.70. The molecule has 0 spiro atoms. The summed E-state index contributed by atoms with van der Waals surface area (Å²) in [5, 5.41) is 2.99. The maximum atomic E-state index is 12.4. The van der Waals surface area contributed by atoms with Gasteiger partial charge in [-0.3, -0.25) is 10.1 Å². The van der Waals surface area contributed by atoms with Crippen molar-refractivity contribution < 1.29 is 4.79 Å². The Morgan fingerprint density at radius 1 is 1.32 bits per heavy atom. The second kappa shape index (κ2) is 6.08. The van der Waals surface area contributed by atoms with Crippen LogP contribution in [0.25, 0.3) is 11.0 Å². The number of benzene rings is 1. The number of anilines is 1. The molecule has 1 aliphatic carbocycles. The van der Waals surface area contributed by atoms with E-state index in [0.29, 0.717) is 12.0 Å². The van der Waals surface area contributed by atoms with Crippen molar-refractivity contribution >= 4 is 22.9 Å². The van der Waals surface area contributed by atoms with Gasteiger partial charge in [-0.2, -0.15) is 0 Å². The molecule has 5 heteroatoms. The molecule has 1 aromatic heterocycles. The largest absolute Gasteiger partial charge is 0.327 e. The molecule has 118 valence electrons. The third kappa shape index (κ3) is 2.73. The van der Waals surface area contributed by atoms with Crippen LogP contribution in [0.2, 0.25) is 0 Å². The van der Waals surface area contributed by atoms with Gasteiger partial charge in [0.05, 0.1) is 17.0 Å². The molecular formula is C17H24N4O. The zero-order valence-corrected chi connectivity index (χ0v) is 13.2. The molecule has 2 atom stereocenters. The summed E-state index contributed by atoms with van der Waals surface area (Å²) in [6.07, 6.45) is 4.76. The van der Waals surface area contributed by atoms with Crippen molar-refractivity contribution in [1.29, 1.82) is 0 Å². The minimum Gasteiger partial charge on any atom is -0.327 e. The van der Waals surface area contributed by atoms with E-state index >= 15 is 0 Å². The van der Waals surface area contributed by atoms with Gasteiger partial charge in [-0.05, 0) is 31.9 Å². The van der Waals surface area contributed by atoms with E-state index in [9.17, 15) is 4.79 Å². The molecule has 5 nitrogen and oxygen atoms in total. The zero-order chi connectivity index (χ0) is 15.7. The fraction of sp³-hybridized carbons (Fsp3) is 0.529. The van der Waals surface area contributed by atoms with E-state index in [2.05, 4.69) is 20.9 Å². The van der Waals surface area contributed by atoms with Crippen LogP contribution in [0, 0.1) is 5.92 Å². The topological polar surface area (TPSA) is 72.9 Å². The van der Waals surface area contributed by atoms with Crippen LogP contribution in [0.3, 0.4) is 0 Å². The predicted molar refractivity (Wildman–Crippen MR) is 88.7 cm³/mol. The zero-order valence-electron chi connectivity index (χ0n) is 13.2. The molecule has 2 aromatic rings. The number of nitrogens with zero attached hydrogens (tertiary/aromatic N) is 2. The van der Waals surface area contributed by atoms with Crippen LogP contribution in [0.4, 0.5) is 5.95 Å². The number of aromatic nitrogens is 2. The van der Waals surface area contributed by atoms with Gasteiger partial charge in [0.25, 0.3) is 0 Å². The Morgan fingerprint density at radius 2 is 2.00 bits per heavy atom. The highest BCUT2D eigenvalue weighted by Crippen LogP contribution is 2.35. The molecule has 1 aliphatic rings. The van der Waals surface area contributed by atoms with Gasteiger partial charge in [-0.15, -0.1) is 0 Å². The highest BCUT2D eigenvalue weighted by atomic mass is 16.2. The maximum absolute atomic E-state index is 12.4. The van der Waals surface area contributed by atoms with Crippen molar-refractivity contribution in [3.8, 4) is 0 Å². The third-order valence-corrected chi connectivity index (χ3v) is 4.72. The SMILES string of the molecule is CC(N)C(C)C(=O)Nc1nc2ccccc2n1C1CCCC1. The summed E-state index contributed by atoms with van der Waals surface area (Å²) >= 11 is 0. The fourth-order valence-corrected chi connectivity index (χ4v) is 3.13. The Hall–Kier alpha value is -1.88. The molecule has 3 N–H and O–H groups in total. The predicted octanol–water partition coefficient (Wildman–Crippen LogP) is 3.07. The molecular weight excluding hydrogens is 276 g/mol. The number of nitrogens with one attached hydrogen (secondary N) is 1. The second-order valence-corrected chi connectivity index (χ2v) is 6.37. The first kappa shape index (κ1) is 15.0. The van der Waals surface area contributed by atoms with Gasteiger partial charge in [0.15, 0.2) is 0 Å². The molecule has 1 aromatic carbocycles. The first-order valence-corrected chi connectivity index (χ1v) is 8.11. The molecule has 22 heavy (non-hydrogen) atoms. The number of carbonyl (C=O) groups excluding carboxylic acids is 1. The quantitative estimate of drug-likeness (QED) is 0.911. The smallest absolute Gasteiger partial charge is 0.231 e. The Balaban J connectivity index is 1.97. The van der Waals surface area contributed by atoms with Gasteiger partial charge >= 0.3 is 0 Å². The van der Waals surface area contributed by atoms with E-state index in [1.807, 2.05) is 32.0 Å². The summed E-state index contributed by atoms with van der Waals surface area (Å²) in [4.78, 5) is 17.0. The molecule has 3 rings (SSSR count). The summed E-state index contributed by atoms with van der Waals surface area (Å²) in [5.41, 5.74) is 7.86. The van der Waals surface area contributed by atoms with Gasteiger partial charge in [-0.25, -0.2) is 4.98 Å². The lowest BCUT2D eigenvalue weighted by Gasteiger charge is -2.19. The summed E-state index contributed by atoms with van der Waals surface area (Å²) in [7, 11) is 0.